The number of amides is 1. The molecule has 2 aliphatic rings. The summed E-state index contributed by atoms with van der Waals surface area (Å²) in [5, 5.41) is 4.10. The number of rotatable bonds is 2. The SMILES string of the molecule is CC(C)(C)c1nc(N2CCCN(C(=O)C3CC3)CC2)no1. The maximum absolute atomic E-state index is 12.1. The van der Waals surface area contributed by atoms with E-state index in [9.17, 15) is 4.79 Å². The molecule has 0 bridgehead atoms. The summed E-state index contributed by atoms with van der Waals surface area (Å²) in [6.07, 6.45) is 3.09. The molecule has 6 nitrogen and oxygen atoms in total. The highest BCUT2D eigenvalue weighted by Crippen LogP contribution is 2.31. The quantitative estimate of drug-likeness (QED) is 0.832. The van der Waals surface area contributed by atoms with Crippen LogP contribution >= 0.6 is 0 Å². The van der Waals surface area contributed by atoms with Gasteiger partial charge < -0.3 is 14.3 Å². The van der Waals surface area contributed by atoms with Crippen molar-refractivity contribution in [2.45, 2.75) is 45.4 Å². The lowest BCUT2D eigenvalue weighted by Crippen LogP contribution is -2.36. The third kappa shape index (κ3) is 3.19. The van der Waals surface area contributed by atoms with Crippen LogP contribution in [-0.4, -0.2) is 47.1 Å². The van der Waals surface area contributed by atoms with E-state index in [4.69, 9.17) is 4.52 Å². The minimum Gasteiger partial charge on any atom is -0.341 e. The Balaban J connectivity index is 1.64. The fraction of sp³-hybridized carbons (Fsp3) is 0.800. The Morgan fingerprint density at radius 1 is 1.19 bits per heavy atom. The van der Waals surface area contributed by atoms with Crippen molar-refractivity contribution >= 4 is 11.9 Å². The van der Waals surface area contributed by atoms with Crippen LogP contribution in [0.3, 0.4) is 0 Å². The second kappa shape index (κ2) is 5.31. The first-order chi connectivity index (χ1) is 9.95. The van der Waals surface area contributed by atoms with Gasteiger partial charge >= 0.3 is 0 Å². The lowest BCUT2D eigenvalue weighted by molar-refractivity contribution is -0.132. The van der Waals surface area contributed by atoms with Gasteiger partial charge in [0.05, 0.1) is 0 Å². The van der Waals surface area contributed by atoms with Crippen molar-refractivity contribution in [2.24, 2.45) is 5.92 Å². The number of hydrogen-bond acceptors (Lipinski definition) is 5. The number of carbonyl (C=O) groups is 1. The minimum atomic E-state index is -0.134. The first-order valence-electron chi connectivity index (χ1n) is 7.83. The van der Waals surface area contributed by atoms with E-state index in [1.54, 1.807) is 0 Å². The third-order valence-corrected chi connectivity index (χ3v) is 4.07. The fourth-order valence-corrected chi connectivity index (χ4v) is 2.58. The summed E-state index contributed by atoms with van der Waals surface area (Å²) in [5.74, 6) is 1.95. The van der Waals surface area contributed by atoms with Crippen LogP contribution in [0.1, 0.15) is 45.9 Å². The molecule has 2 fully saturated rings. The zero-order valence-corrected chi connectivity index (χ0v) is 13.1. The molecule has 116 valence electrons. The summed E-state index contributed by atoms with van der Waals surface area (Å²) >= 11 is 0. The molecular formula is C15H24N4O2. The highest BCUT2D eigenvalue weighted by Gasteiger charge is 2.34. The summed E-state index contributed by atoms with van der Waals surface area (Å²) in [6.45, 7) is 9.43. The van der Waals surface area contributed by atoms with Crippen molar-refractivity contribution in [1.29, 1.82) is 0 Å². The van der Waals surface area contributed by atoms with Gasteiger partial charge in [0.1, 0.15) is 0 Å². The zero-order chi connectivity index (χ0) is 15.0. The van der Waals surface area contributed by atoms with Gasteiger partial charge in [0.15, 0.2) is 0 Å². The molecule has 0 atom stereocenters. The topological polar surface area (TPSA) is 62.5 Å². The van der Waals surface area contributed by atoms with E-state index >= 15 is 0 Å². The van der Waals surface area contributed by atoms with Crippen molar-refractivity contribution in [3.63, 3.8) is 0 Å². The summed E-state index contributed by atoms with van der Waals surface area (Å²) in [5.41, 5.74) is -0.134. The van der Waals surface area contributed by atoms with Crippen molar-refractivity contribution in [3.8, 4) is 0 Å². The Labute approximate surface area is 125 Å². The number of carbonyl (C=O) groups excluding carboxylic acids is 1. The van der Waals surface area contributed by atoms with Gasteiger partial charge in [-0.2, -0.15) is 4.98 Å². The van der Waals surface area contributed by atoms with Crippen molar-refractivity contribution in [2.75, 3.05) is 31.1 Å². The summed E-state index contributed by atoms with van der Waals surface area (Å²) < 4.78 is 5.36. The Morgan fingerprint density at radius 2 is 1.95 bits per heavy atom. The molecule has 1 aliphatic carbocycles. The van der Waals surface area contributed by atoms with E-state index < -0.39 is 0 Å². The first kappa shape index (κ1) is 14.4. The molecule has 0 radical (unpaired) electrons. The van der Waals surface area contributed by atoms with Gasteiger partial charge in [-0.05, 0) is 24.4 Å². The first-order valence-corrected chi connectivity index (χ1v) is 7.83. The molecule has 0 spiro atoms. The Morgan fingerprint density at radius 3 is 2.57 bits per heavy atom. The monoisotopic (exact) mass is 292 g/mol. The molecular weight excluding hydrogens is 268 g/mol. The molecule has 3 rings (SSSR count). The van der Waals surface area contributed by atoms with Crippen LogP contribution in [0.4, 0.5) is 5.95 Å². The fourth-order valence-electron chi connectivity index (χ4n) is 2.58. The van der Waals surface area contributed by atoms with Crippen LogP contribution in [0.25, 0.3) is 0 Å². The molecule has 0 unspecified atom stereocenters. The average molecular weight is 292 g/mol. The molecule has 6 heteroatoms. The molecule has 0 N–H and O–H groups in total. The number of hydrogen-bond donors (Lipinski definition) is 0. The van der Waals surface area contributed by atoms with Gasteiger partial charge in [-0.25, -0.2) is 0 Å². The molecule has 1 aromatic rings. The summed E-state index contributed by atoms with van der Waals surface area (Å²) in [4.78, 5) is 20.8. The summed E-state index contributed by atoms with van der Waals surface area (Å²) in [7, 11) is 0. The lowest BCUT2D eigenvalue weighted by Gasteiger charge is -2.21. The largest absolute Gasteiger partial charge is 0.341 e. The molecule has 1 saturated carbocycles. The number of nitrogens with zero attached hydrogens (tertiary/aromatic N) is 4. The van der Waals surface area contributed by atoms with E-state index in [0.717, 1.165) is 45.4 Å². The minimum absolute atomic E-state index is 0.134. The molecule has 1 amide bonds. The van der Waals surface area contributed by atoms with Crippen LogP contribution < -0.4 is 4.90 Å². The average Bonchev–Trinajstić information content (AvgIpc) is 3.19. The van der Waals surface area contributed by atoms with E-state index in [0.29, 0.717) is 23.7 Å². The van der Waals surface area contributed by atoms with E-state index in [1.165, 1.54) is 0 Å². The van der Waals surface area contributed by atoms with Crippen LogP contribution in [0.5, 0.6) is 0 Å². The van der Waals surface area contributed by atoms with E-state index in [2.05, 4.69) is 35.8 Å². The van der Waals surface area contributed by atoms with Gasteiger partial charge in [0, 0.05) is 37.5 Å². The Hall–Kier alpha value is -1.59. The standard InChI is InChI=1S/C15H24N4O2/c1-15(2,3)13-16-14(17-21-13)19-8-4-7-18(9-10-19)12(20)11-5-6-11/h11H,4-10H2,1-3H3. The maximum Gasteiger partial charge on any atom is 0.266 e. The van der Waals surface area contributed by atoms with Crippen LogP contribution in [0.15, 0.2) is 4.52 Å². The highest BCUT2D eigenvalue weighted by atomic mass is 16.5. The predicted octanol–water partition coefficient (Wildman–Crippen LogP) is 1.82. The van der Waals surface area contributed by atoms with Crippen LogP contribution in [-0.2, 0) is 10.2 Å². The van der Waals surface area contributed by atoms with Crippen LogP contribution in [0.2, 0.25) is 0 Å². The molecule has 0 aromatic carbocycles. The molecule has 21 heavy (non-hydrogen) atoms. The van der Waals surface area contributed by atoms with Gasteiger partial charge in [0.25, 0.3) is 5.95 Å². The Kier molecular flexibility index (Phi) is 3.63. The Bertz CT molecular complexity index is 516. The molecule has 1 saturated heterocycles. The molecule has 1 aliphatic heterocycles. The lowest BCUT2D eigenvalue weighted by atomic mass is 9.97. The van der Waals surface area contributed by atoms with Gasteiger partial charge in [-0.15, -0.1) is 0 Å². The van der Waals surface area contributed by atoms with Crippen molar-refractivity contribution < 1.29 is 9.32 Å². The summed E-state index contributed by atoms with van der Waals surface area (Å²) in [6, 6.07) is 0. The molecule has 1 aromatic heterocycles. The van der Waals surface area contributed by atoms with Crippen molar-refractivity contribution in [1.82, 2.24) is 15.0 Å². The normalized spacial score (nSPS) is 20.5. The number of anilines is 1. The van der Waals surface area contributed by atoms with E-state index in [1.807, 2.05) is 4.90 Å². The molecule has 2 heterocycles. The second-order valence-electron chi connectivity index (χ2n) is 7.09. The van der Waals surface area contributed by atoms with Gasteiger partial charge in [-0.3, -0.25) is 4.79 Å². The van der Waals surface area contributed by atoms with Crippen molar-refractivity contribution in [3.05, 3.63) is 5.89 Å². The van der Waals surface area contributed by atoms with Gasteiger partial charge in [-0.1, -0.05) is 20.8 Å². The van der Waals surface area contributed by atoms with Crippen LogP contribution in [0, 0.1) is 5.92 Å². The zero-order valence-electron chi connectivity index (χ0n) is 13.1. The van der Waals surface area contributed by atoms with Gasteiger partial charge in [0.2, 0.25) is 11.8 Å². The maximum atomic E-state index is 12.1. The second-order valence-corrected chi connectivity index (χ2v) is 7.09. The van der Waals surface area contributed by atoms with E-state index in [-0.39, 0.29) is 5.41 Å². The smallest absolute Gasteiger partial charge is 0.266 e. The predicted molar refractivity (Wildman–Crippen MR) is 79.1 cm³/mol. The third-order valence-electron chi connectivity index (χ3n) is 4.07. The number of aromatic nitrogens is 2. The highest BCUT2D eigenvalue weighted by molar-refractivity contribution is 5.81.